The summed E-state index contributed by atoms with van der Waals surface area (Å²) in [6.45, 7) is 0. The SMILES string of the molecule is CS(=O)(=O)Nc1ccc(CCCC(=O)O)cc1. The fraction of sp³-hybridized carbons (Fsp3) is 0.364. The lowest BCUT2D eigenvalue weighted by molar-refractivity contribution is -0.137. The van der Waals surface area contributed by atoms with E-state index in [4.69, 9.17) is 5.11 Å². The highest BCUT2D eigenvalue weighted by Crippen LogP contribution is 2.12. The first-order valence-electron chi connectivity index (χ1n) is 5.15. The Labute approximate surface area is 101 Å². The van der Waals surface area contributed by atoms with Gasteiger partial charge in [0.2, 0.25) is 10.0 Å². The molecule has 1 aromatic rings. The Morgan fingerprint density at radius 1 is 1.29 bits per heavy atom. The molecule has 1 rings (SSSR count). The van der Waals surface area contributed by atoms with Crippen LogP contribution in [0.15, 0.2) is 24.3 Å². The zero-order valence-corrected chi connectivity index (χ0v) is 10.3. The molecule has 2 N–H and O–H groups in total. The number of benzene rings is 1. The van der Waals surface area contributed by atoms with Crippen molar-refractivity contribution in [1.29, 1.82) is 0 Å². The standard InChI is InChI=1S/C11H15NO4S/c1-17(15,16)12-10-7-5-9(6-8-10)3-2-4-11(13)14/h5-8,12H,2-4H2,1H3,(H,13,14). The molecule has 94 valence electrons. The van der Waals surface area contributed by atoms with Crippen LogP contribution in [0.25, 0.3) is 0 Å². The van der Waals surface area contributed by atoms with Gasteiger partial charge in [0.05, 0.1) is 6.26 Å². The van der Waals surface area contributed by atoms with E-state index >= 15 is 0 Å². The van der Waals surface area contributed by atoms with Crippen LogP contribution < -0.4 is 4.72 Å². The van der Waals surface area contributed by atoms with Crippen LogP contribution in [0.1, 0.15) is 18.4 Å². The van der Waals surface area contributed by atoms with Gasteiger partial charge in [0.25, 0.3) is 0 Å². The fourth-order valence-electron chi connectivity index (χ4n) is 1.40. The summed E-state index contributed by atoms with van der Waals surface area (Å²) in [4.78, 5) is 10.3. The van der Waals surface area contributed by atoms with Crippen molar-refractivity contribution < 1.29 is 18.3 Å². The van der Waals surface area contributed by atoms with Crippen LogP contribution in [0.3, 0.4) is 0 Å². The van der Waals surface area contributed by atoms with E-state index in [2.05, 4.69) is 4.72 Å². The first-order chi connectivity index (χ1) is 7.87. The maximum Gasteiger partial charge on any atom is 0.303 e. The summed E-state index contributed by atoms with van der Waals surface area (Å²) in [5.74, 6) is -0.805. The number of aryl methyl sites for hydroxylation is 1. The summed E-state index contributed by atoms with van der Waals surface area (Å²) in [5.41, 5.74) is 1.50. The molecule has 0 saturated heterocycles. The van der Waals surface area contributed by atoms with Crippen molar-refractivity contribution in [3.63, 3.8) is 0 Å². The molecule has 0 heterocycles. The highest BCUT2D eigenvalue weighted by atomic mass is 32.2. The summed E-state index contributed by atoms with van der Waals surface area (Å²) in [5, 5.41) is 8.49. The molecule has 0 bridgehead atoms. The highest BCUT2D eigenvalue weighted by Gasteiger charge is 2.02. The predicted octanol–water partition coefficient (Wildman–Crippen LogP) is 1.47. The van der Waals surface area contributed by atoms with Gasteiger partial charge >= 0.3 is 5.97 Å². The summed E-state index contributed by atoms with van der Waals surface area (Å²) in [6.07, 6.45) is 2.48. The zero-order valence-electron chi connectivity index (χ0n) is 9.51. The van der Waals surface area contributed by atoms with Gasteiger partial charge in [-0.1, -0.05) is 12.1 Å². The minimum atomic E-state index is -3.25. The lowest BCUT2D eigenvalue weighted by Gasteiger charge is -2.05. The van der Waals surface area contributed by atoms with Crippen LogP contribution >= 0.6 is 0 Å². The molecular weight excluding hydrogens is 242 g/mol. The largest absolute Gasteiger partial charge is 0.481 e. The van der Waals surface area contributed by atoms with Gasteiger partial charge in [-0.15, -0.1) is 0 Å². The zero-order chi connectivity index (χ0) is 12.9. The van der Waals surface area contributed by atoms with Gasteiger partial charge in [-0.25, -0.2) is 8.42 Å². The maximum absolute atomic E-state index is 11.0. The van der Waals surface area contributed by atoms with Crippen molar-refractivity contribution in [3.05, 3.63) is 29.8 Å². The van der Waals surface area contributed by atoms with E-state index in [0.717, 1.165) is 11.8 Å². The molecule has 0 fully saturated rings. The topological polar surface area (TPSA) is 83.5 Å². The van der Waals surface area contributed by atoms with Crippen molar-refractivity contribution in [2.24, 2.45) is 0 Å². The van der Waals surface area contributed by atoms with Crippen molar-refractivity contribution in [2.45, 2.75) is 19.3 Å². The minimum Gasteiger partial charge on any atom is -0.481 e. The third kappa shape index (κ3) is 5.91. The summed E-state index contributed by atoms with van der Waals surface area (Å²) >= 11 is 0. The summed E-state index contributed by atoms with van der Waals surface area (Å²) in [7, 11) is -3.25. The van der Waals surface area contributed by atoms with Gasteiger partial charge in [-0.2, -0.15) is 0 Å². The molecule has 0 aliphatic carbocycles. The third-order valence-corrected chi connectivity index (χ3v) is 2.72. The monoisotopic (exact) mass is 257 g/mol. The normalized spacial score (nSPS) is 11.1. The van der Waals surface area contributed by atoms with E-state index in [1.165, 1.54) is 0 Å². The number of hydrogen-bond donors (Lipinski definition) is 2. The molecule has 0 atom stereocenters. The Morgan fingerprint density at radius 3 is 2.35 bits per heavy atom. The highest BCUT2D eigenvalue weighted by molar-refractivity contribution is 7.92. The molecule has 6 heteroatoms. The van der Waals surface area contributed by atoms with Crippen LogP contribution in [0.4, 0.5) is 5.69 Å². The van der Waals surface area contributed by atoms with Crippen molar-refractivity contribution >= 4 is 21.7 Å². The van der Waals surface area contributed by atoms with Gasteiger partial charge in [0.1, 0.15) is 0 Å². The number of sulfonamides is 1. The second-order valence-electron chi connectivity index (χ2n) is 3.82. The predicted molar refractivity (Wildman–Crippen MR) is 65.5 cm³/mol. The Bertz CT molecular complexity index is 479. The van der Waals surface area contributed by atoms with Crippen LogP contribution in [-0.4, -0.2) is 25.7 Å². The number of nitrogens with one attached hydrogen (secondary N) is 1. The second-order valence-corrected chi connectivity index (χ2v) is 5.57. The molecule has 0 aliphatic rings. The molecule has 0 radical (unpaired) electrons. The van der Waals surface area contributed by atoms with Crippen LogP contribution in [0, 0.1) is 0 Å². The fourth-order valence-corrected chi connectivity index (χ4v) is 1.96. The third-order valence-electron chi connectivity index (χ3n) is 2.11. The Hall–Kier alpha value is -1.56. The van der Waals surface area contributed by atoms with Crippen molar-refractivity contribution in [1.82, 2.24) is 0 Å². The van der Waals surface area contributed by atoms with Crippen molar-refractivity contribution in [3.8, 4) is 0 Å². The molecule has 0 unspecified atom stereocenters. The molecule has 0 saturated carbocycles. The van der Waals surface area contributed by atoms with Crippen LogP contribution in [0.5, 0.6) is 0 Å². The molecule has 5 nitrogen and oxygen atoms in total. The summed E-state index contributed by atoms with van der Waals surface area (Å²) < 4.78 is 24.3. The number of hydrogen-bond acceptors (Lipinski definition) is 3. The lowest BCUT2D eigenvalue weighted by atomic mass is 10.1. The van der Waals surface area contributed by atoms with E-state index in [0.29, 0.717) is 18.5 Å². The second kappa shape index (κ2) is 5.67. The molecule has 0 amide bonds. The quantitative estimate of drug-likeness (QED) is 0.808. The molecule has 17 heavy (non-hydrogen) atoms. The van der Waals surface area contributed by atoms with Gasteiger partial charge in [0.15, 0.2) is 0 Å². The number of carbonyl (C=O) groups is 1. The van der Waals surface area contributed by atoms with Crippen molar-refractivity contribution in [2.75, 3.05) is 11.0 Å². The minimum absolute atomic E-state index is 0.142. The van der Waals surface area contributed by atoms with E-state index in [1.807, 2.05) is 0 Å². The number of rotatable bonds is 6. The number of aliphatic carboxylic acids is 1. The number of carboxylic acid groups (broad SMARTS) is 1. The van der Waals surface area contributed by atoms with E-state index < -0.39 is 16.0 Å². The molecule has 0 aliphatic heterocycles. The maximum atomic E-state index is 11.0. The Balaban J connectivity index is 2.53. The van der Waals surface area contributed by atoms with Crippen LogP contribution in [-0.2, 0) is 21.2 Å². The van der Waals surface area contributed by atoms with E-state index in [9.17, 15) is 13.2 Å². The lowest BCUT2D eigenvalue weighted by Crippen LogP contribution is -2.09. The molecular formula is C11H15NO4S. The Kier molecular flexibility index (Phi) is 4.51. The average Bonchev–Trinajstić information content (AvgIpc) is 2.18. The summed E-state index contributed by atoms with van der Waals surface area (Å²) in [6, 6.07) is 6.90. The first-order valence-corrected chi connectivity index (χ1v) is 7.04. The Morgan fingerprint density at radius 2 is 1.88 bits per heavy atom. The number of anilines is 1. The van der Waals surface area contributed by atoms with Gasteiger partial charge in [0, 0.05) is 12.1 Å². The smallest absolute Gasteiger partial charge is 0.303 e. The van der Waals surface area contributed by atoms with Gasteiger partial charge in [-0.3, -0.25) is 9.52 Å². The van der Waals surface area contributed by atoms with Gasteiger partial charge in [-0.05, 0) is 30.5 Å². The first kappa shape index (κ1) is 13.5. The van der Waals surface area contributed by atoms with Gasteiger partial charge < -0.3 is 5.11 Å². The van der Waals surface area contributed by atoms with E-state index in [1.54, 1.807) is 24.3 Å². The average molecular weight is 257 g/mol. The van der Waals surface area contributed by atoms with E-state index in [-0.39, 0.29) is 6.42 Å². The van der Waals surface area contributed by atoms with Crippen LogP contribution in [0.2, 0.25) is 0 Å². The molecule has 1 aromatic carbocycles. The molecule has 0 spiro atoms. The molecule has 0 aromatic heterocycles. The number of carboxylic acids is 1.